The predicted octanol–water partition coefficient (Wildman–Crippen LogP) is 1.23. The van der Waals surface area contributed by atoms with Crippen molar-refractivity contribution in [1.82, 2.24) is 4.90 Å². The van der Waals surface area contributed by atoms with Crippen LogP contribution in [0.4, 0.5) is 13.2 Å². The first kappa shape index (κ1) is 16.0. The van der Waals surface area contributed by atoms with Crippen LogP contribution >= 0.6 is 0 Å². The second-order valence-corrected chi connectivity index (χ2v) is 3.61. The van der Waals surface area contributed by atoms with Crippen molar-refractivity contribution in [2.75, 3.05) is 26.2 Å². The van der Waals surface area contributed by atoms with Gasteiger partial charge in [-0.25, -0.2) is 0 Å². The maximum Gasteiger partial charge on any atom is 0.522 e. The highest BCUT2D eigenvalue weighted by atomic mass is 19.4. The molecule has 0 aliphatic heterocycles. The molecule has 0 bridgehead atoms. The molecule has 0 saturated heterocycles. The molecule has 0 fully saturated rings. The average molecular weight is 257 g/mol. The monoisotopic (exact) mass is 257 g/mol. The number of hydrogen-bond donors (Lipinski definition) is 2. The van der Waals surface area contributed by atoms with Crippen molar-refractivity contribution in [1.29, 1.82) is 0 Å². The van der Waals surface area contributed by atoms with Crippen LogP contribution in [0.3, 0.4) is 0 Å². The summed E-state index contributed by atoms with van der Waals surface area (Å²) in [5.41, 5.74) is 5.38. The summed E-state index contributed by atoms with van der Waals surface area (Å²) in [6, 6.07) is 0. The van der Waals surface area contributed by atoms with Gasteiger partial charge in [0.15, 0.2) is 0 Å². The lowest BCUT2D eigenvalue weighted by atomic mass is 10.1. The molecule has 1 unspecified atom stereocenters. The first-order valence-corrected chi connectivity index (χ1v) is 5.20. The second-order valence-electron chi connectivity index (χ2n) is 3.61. The van der Waals surface area contributed by atoms with Crippen LogP contribution in [0.15, 0.2) is 5.16 Å². The van der Waals surface area contributed by atoms with Gasteiger partial charge in [0.1, 0.15) is 5.84 Å². The van der Waals surface area contributed by atoms with E-state index in [-0.39, 0.29) is 18.3 Å². The van der Waals surface area contributed by atoms with Gasteiger partial charge in [0.05, 0.1) is 6.61 Å². The van der Waals surface area contributed by atoms with E-state index in [2.05, 4.69) is 9.89 Å². The minimum absolute atomic E-state index is 0.0557. The molecule has 8 heteroatoms. The van der Waals surface area contributed by atoms with Crippen LogP contribution < -0.4 is 5.73 Å². The molecule has 0 aliphatic rings. The quantitative estimate of drug-likeness (QED) is 0.311. The number of nitrogens with zero attached hydrogens (tertiary/aromatic N) is 2. The van der Waals surface area contributed by atoms with Gasteiger partial charge in [-0.15, -0.1) is 13.2 Å². The number of likely N-dealkylation sites (N-methyl/N-ethyl adjacent to an activating group) is 1. The molecule has 0 aromatic rings. The van der Waals surface area contributed by atoms with E-state index in [1.165, 1.54) is 0 Å². The highest BCUT2D eigenvalue weighted by Gasteiger charge is 2.28. The summed E-state index contributed by atoms with van der Waals surface area (Å²) >= 11 is 0. The van der Waals surface area contributed by atoms with Crippen molar-refractivity contribution >= 4 is 5.84 Å². The highest BCUT2D eigenvalue weighted by molar-refractivity contribution is 5.82. The Hall–Kier alpha value is -1.02. The largest absolute Gasteiger partial charge is 0.522 e. The number of ether oxygens (including phenoxy) is 1. The van der Waals surface area contributed by atoms with Gasteiger partial charge in [0, 0.05) is 19.0 Å². The number of alkyl halides is 3. The van der Waals surface area contributed by atoms with Crippen molar-refractivity contribution in [2.24, 2.45) is 16.8 Å². The van der Waals surface area contributed by atoms with Gasteiger partial charge in [-0.05, 0) is 6.54 Å². The number of rotatable bonds is 7. The maximum absolute atomic E-state index is 11.7. The van der Waals surface area contributed by atoms with Crippen molar-refractivity contribution in [3.63, 3.8) is 0 Å². The van der Waals surface area contributed by atoms with E-state index in [4.69, 9.17) is 10.9 Å². The van der Waals surface area contributed by atoms with Gasteiger partial charge in [-0.2, -0.15) is 0 Å². The fourth-order valence-electron chi connectivity index (χ4n) is 1.25. The third-order valence-corrected chi connectivity index (χ3v) is 2.27. The molecule has 0 heterocycles. The molecule has 0 amide bonds. The summed E-state index contributed by atoms with van der Waals surface area (Å²) in [5, 5.41) is 11.3. The zero-order valence-corrected chi connectivity index (χ0v) is 9.87. The zero-order valence-electron chi connectivity index (χ0n) is 9.87. The molecular weight excluding hydrogens is 239 g/mol. The minimum Gasteiger partial charge on any atom is -0.409 e. The number of hydrogen-bond acceptors (Lipinski definition) is 4. The van der Waals surface area contributed by atoms with Gasteiger partial charge >= 0.3 is 6.36 Å². The minimum atomic E-state index is -4.60. The molecule has 0 aromatic carbocycles. The fourth-order valence-corrected chi connectivity index (χ4v) is 1.25. The molecule has 3 N–H and O–H groups in total. The third-order valence-electron chi connectivity index (χ3n) is 2.27. The lowest BCUT2D eigenvalue weighted by Gasteiger charge is -2.23. The number of halogens is 3. The van der Waals surface area contributed by atoms with Crippen LogP contribution in [0.2, 0.25) is 0 Å². The average Bonchev–Trinajstić information content (AvgIpc) is 2.24. The van der Waals surface area contributed by atoms with Crippen molar-refractivity contribution in [3.05, 3.63) is 0 Å². The van der Waals surface area contributed by atoms with E-state index < -0.39 is 13.0 Å². The zero-order chi connectivity index (χ0) is 13.5. The summed E-state index contributed by atoms with van der Waals surface area (Å²) < 4.78 is 38.9. The Morgan fingerprint density at radius 1 is 1.53 bits per heavy atom. The molecule has 0 radical (unpaired) electrons. The van der Waals surface area contributed by atoms with Crippen LogP contribution in [0, 0.1) is 5.92 Å². The molecule has 0 aromatic heterocycles. The van der Waals surface area contributed by atoms with Crippen LogP contribution in [0.25, 0.3) is 0 Å². The van der Waals surface area contributed by atoms with Gasteiger partial charge in [-0.1, -0.05) is 19.0 Å². The Morgan fingerprint density at radius 2 is 2.12 bits per heavy atom. The Bertz CT molecular complexity index is 246. The van der Waals surface area contributed by atoms with E-state index in [0.717, 1.165) is 0 Å². The van der Waals surface area contributed by atoms with E-state index in [1.54, 1.807) is 11.8 Å². The normalized spacial score (nSPS) is 15.3. The molecule has 0 spiro atoms. The Balaban J connectivity index is 4.00. The Kier molecular flexibility index (Phi) is 6.89. The van der Waals surface area contributed by atoms with Crippen molar-refractivity contribution < 1.29 is 23.1 Å². The summed E-state index contributed by atoms with van der Waals surface area (Å²) in [4.78, 5) is 1.73. The molecule has 0 saturated carbocycles. The summed E-state index contributed by atoms with van der Waals surface area (Å²) in [6.45, 7) is 4.21. The van der Waals surface area contributed by atoms with Gasteiger partial charge < -0.3 is 15.8 Å². The summed E-state index contributed by atoms with van der Waals surface area (Å²) in [6.07, 6.45) is -4.60. The van der Waals surface area contributed by atoms with Crippen molar-refractivity contribution in [3.8, 4) is 0 Å². The summed E-state index contributed by atoms with van der Waals surface area (Å²) in [5.74, 6) is -0.175. The van der Waals surface area contributed by atoms with Gasteiger partial charge in [0.25, 0.3) is 0 Å². The molecular formula is C9H18F3N3O2. The first-order chi connectivity index (χ1) is 7.80. The maximum atomic E-state index is 11.7. The van der Waals surface area contributed by atoms with Gasteiger partial charge in [0.2, 0.25) is 0 Å². The molecule has 17 heavy (non-hydrogen) atoms. The van der Waals surface area contributed by atoms with E-state index in [9.17, 15) is 13.2 Å². The molecule has 102 valence electrons. The summed E-state index contributed by atoms with van der Waals surface area (Å²) in [7, 11) is 0. The van der Waals surface area contributed by atoms with Crippen LogP contribution in [0.1, 0.15) is 13.8 Å². The molecule has 0 rings (SSSR count). The highest BCUT2D eigenvalue weighted by Crippen LogP contribution is 2.15. The SMILES string of the molecule is CCN(CCOC(F)(F)F)CC(C)C(N)=NO. The Morgan fingerprint density at radius 3 is 2.53 bits per heavy atom. The number of nitrogens with two attached hydrogens (primary N) is 1. The van der Waals surface area contributed by atoms with Crippen LogP contribution in [0.5, 0.6) is 0 Å². The second kappa shape index (κ2) is 7.33. The van der Waals surface area contributed by atoms with E-state index in [1.807, 2.05) is 6.92 Å². The third kappa shape index (κ3) is 7.81. The molecule has 1 atom stereocenters. The molecule has 5 nitrogen and oxygen atoms in total. The fraction of sp³-hybridized carbons (Fsp3) is 0.889. The Labute approximate surface area is 98.0 Å². The molecule has 0 aliphatic carbocycles. The van der Waals surface area contributed by atoms with E-state index in [0.29, 0.717) is 13.1 Å². The topological polar surface area (TPSA) is 71.1 Å². The van der Waals surface area contributed by atoms with Crippen LogP contribution in [-0.4, -0.2) is 48.5 Å². The van der Waals surface area contributed by atoms with Crippen molar-refractivity contribution in [2.45, 2.75) is 20.2 Å². The first-order valence-electron chi connectivity index (χ1n) is 5.20. The lowest BCUT2D eigenvalue weighted by Crippen LogP contribution is -2.37. The van der Waals surface area contributed by atoms with E-state index >= 15 is 0 Å². The standard InChI is InChI=1S/C9H18F3N3O2/c1-3-15(4-5-17-9(10,11)12)6-7(2)8(13)14-16/h7,16H,3-6H2,1-2H3,(H2,13,14). The lowest BCUT2D eigenvalue weighted by molar-refractivity contribution is -0.325. The smallest absolute Gasteiger partial charge is 0.409 e. The van der Waals surface area contributed by atoms with Crippen LogP contribution in [-0.2, 0) is 4.74 Å². The number of oxime groups is 1. The predicted molar refractivity (Wildman–Crippen MR) is 56.7 cm³/mol. The van der Waals surface area contributed by atoms with Gasteiger partial charge in [-0.3, -0.25) is 4.74 Å². The number of amidine groups is 1.